The van der Waals surface area contributed by atoms with Gasteiger partial charge in [0.2, 0.25) is 11.8 Å². The number of aryl methyl sites for hydroxylation is 1. The van der Waals surface area contributed by atoms with Crippen LogP contribution in [0, 0.1) is 0 Å². The lowest BCUT2D eigenvalue weighted by Crippen LogP contribution is -2.16. The topological polar surface area (TPSA) is 68.8 Å². The van der Waals surface area contributed by atoms with Crippen molar-refractivity contribution in [3.05, 3.63) is 53.3 Å². The van der Waals surface area contributed by atoms with Crippen molar-refractivity contribution in [1.29, 1.82) is 0 Å². The van der Waals surface area contributed by atoms with Crippen molar-refractivity contribution in [1.82, 2.24) is 25.1 Å². The third-order valence-electron chi connectivity index (χ3n) is 3.18. The highest BCUT2D eigenvalue weighted by atomic mass is 79.9. The van der Waals surface area contributed by atoms with Crippen molar-refractivity contribution in [3.63, 3.8) is 0 Å². The summed E-state index contributed by atoms with van der Waals surface area (Å²) in [5.41, 5.74) is 0.904. The van der Waals surface area contributed by atoms with Gasteiger partial charge in [-0.15, -0.1) is 10.2 Å². The number of rotatable bonds is 7. The lowest BCUT2D eigenvalue weighted by Gasteiger charge is -2.03. The summed E-state index contributed by atoms with van der Waals surface area (Å²) in [6, 6.07) is 7.79. The Morgan fingerprint density at radius 2 is 2.14 bits per heavy atom. The van der Waals surface area contributed by atoms with E-state index in [2.05, 4.69) is 41.0 Å². The van der Waals surface area contributed by atoms with Gasteiger partial charge in [0, 0.05) is 23.4 Å². The van der Waals surface area contributed by atoms with E-state index in [9.17, 15) is 0 Å². The van der Waals surface area contributed by atoms with E-state index in [1.54, 1.807) is 6.20 Å². The quantitative estimate of drug-likeness (QED) is 0.655. The highest BCUT2D eigenvalue weighted by Gasteiger charge is 2.10. The van der Waals surface area contributed by atoms with E-state index in [1.807, 2.05) is 36.8 Å². The van der Waals surface area contributed by atoms with Crippen molar-refractivity contribution in [2.24, 2.45) is 0 Å². The minimum Gasteiger partial charge on any atom is -0.419 e. The molecule has 6 nitrogen and oxygen atoms in total. The van der Waals surface area contributed by atoms with Crippen LogP contribution >= 0.6 is 15.9 Å². The van der Waals surface area contributed by atoms with Gasteiger partial charge in [0.25, 0.3) is 0 Å². The zero-order valence-electron chi connectivity index (χ0n) is 11.9. The van der Waals surface area contributed by atoms with Gasteiger partial charge >= 0.3 is 0 Å². The van der Waals surface area contributed by atoms with E-state index < -0.39 is 0 Å². The van der Waals surface area contributed by atoms with E-state index in [4.69, 9.17) is 4.42 Å². The fourth-order valence-corrected chi connectivity index (χ4v) is 2.52. The summed E-state index contributed by atoms with van der Waals surface area (Å²) in [6.45, 7) is 2.39. The Labute approximate surface area is 136 Å². The molecule has 7 heteroatoms. The van der Waals surface area contributed by atoms with Gasteiger partial charge in [-0.1, -0.05) is 12.1 Å². The number of aromatic nitrogens is 4. The van der Waals surface area contributed by atoms with Gasteiger partial charge in [0.05, 0.1) is 18.4 Å². The molecule has 0 aliphatic heterocycles. The average molecular weight is 362 g/mol. The van der Waals surface area contributed by atoms with Crippen molar-refractivity contribution < 1.29 is 4.42 Å². The predicted molar refractivity (Wildman–Crippen MR) is 86.0 cm³/mol. The molecule has 0 aliphatic rings. The zero-order chi connectivity index (χ0) is 15.2. The monoisotopic (exact) mass is 361 g/mol. The summed E-state index contributed by atoms with van der Waals surface area (Å²) in [4.78, 5) is 4.01. The molecule has 0 bridgehead atoms. The van der Waals surface area contributed by atoms with E-state index in [0.29, 0.717) is 18.3 Å². The fourth-order valence-electron chi connectivity index (χ4n) is 2.07. The van der Waals surface area contributed by atoms with Gasteiger partial charge in [-0.2, -0.15) is 0 Å². The van der Waals surface area contributed by atoms with Gasteiger partial charge in [-0.25, -0.2) is 4.98 Å². The first kappa shape index (κ1) is 14.9. The number of nitrogens with zero attached hydrogens (tertiary/aromatic N) is 4. The molecule has 0 fully saturated rings. The number of nitrogens with one attached hydrogen (secondary N) is 1. The second kappa shape index (κ2) is 7.33. The molecule has 3 aromatic rings. The van der Waals surface area contributed by atoms with Gasteiger partial charge in [0.15, 0.2) is 0 Å². The molecule has 0 aliphatic carbocycles. The number of hydrogen-bond donors (Lipinski definition) is 1. The summed E-state index contributed by atoms with van der Waals surface area (Å²) in [6.07, 6.45) is 6.58. The van der Waals surface area contributed by atoms with Crippen LogP contribution in [-0.2, 0) is 13.1 Å². The Morgan fingerprint density at radius 3 is 2.95 bits per heavy atom. The third kappa shape index (κ3) is 3.80. The van der Waals surface area contributed by atoms with E-state index in [1.165, 1.54) is 0 Å². The first-order chi connectivity index (χ1) is 10.8. The highest BCUT2D eigenvalue weighted by Crippen LogP contribution is 2.26. The van der Waals surface area contributed by atoms with Gasteiger partial charge < -0.3 is 14.3 Å². The maximum Gasteiger partial charge on any atom is 0.248 e. The van der Waals surface area contributed by atoms with Gasteiger partial charge in [-0.3, -0.25) is 0 Å². The van der Waals surface area contributed by atoms with Crippen LogP contribution in [0.1, 0.15) is 12.3 Å². The fraction of sp³-hybridized carbons (Fsp3) is 0.267. The molecule has 0 unspecified atom stereocenters. The lowest BCUT2D eigenvalue weighted by atomic mass is 10.2. The van der Waals surface area contributed by atoms with Gasteiger partial charge in [0.1, 0.15) is 0 Å². The van der Waals surface area contributed by atoms with Crippen LogP contribution in [0.2, 0.25) is 0 Å². The number of imidazole rings is 1. The molecule has 114 valence electrons. The van der Waals surface area contributed by atoms with Crippen LogP contribution in [0.25, 0.3) is 11.5 Å². The van der Waals surface area contributed by atoms with Crippen LogP contribution < -0.4 is 5.32 Å². The molecule has 1 aromatic carbocycles. The molecule has 2 heterocycles. The Kier molecular flexibility index (Phi) is 4.97. The van der Waals surface area contributed by atoms with Crippen LogP contribution in [0.15, 0.2) is 51.9 Å². The number of benzene rings is 1. The maximum absolute atomic E-state index is 5.67. The summed E-state index contributed by atoms with van der Waals surface area (Å²) in [5, 5.41) is 11.5. The Bertz CT molecular complexity index is 710. The molecule has 3 rings (SSSR count). The van der Waals surface area contributed by atoms with E-state index in [0.717, 1.165) is 29.5 Å². The van der Waals surface area contributed by atoms with Crippen molar-refractivity contribution in [3.8, 4) is 11.5 Å². The van der Waals surface area contributed by atoms with Crippen LogP contribution in [-0.4, -0.2) is 26.3 Å². The molecule has 2 aromatic heterocycles. The molecule has 0 saturated carbocycles. The lowest BCUT2D eigenvalue weighted by molar-refractivity contribution is 0.470. The molecule has 0 radical (unpaired) electrons. The molecule has 0 spiro atoms. The molecule has 22 heavy (non-hydrogen) atoms. The summed E-state index contributed by atoms with van der Waals surface area (Å²) in [5.74, 6) is 1.12. The highest BCUT2D eigenvalue weighted by molar-refractivity contribution is 9.10. The molecular formula is C15H16BrN5O. The minimum absolute atomic E-state index is 0.530. The van der Waals surface area contributed by atoms with Gasteiger partial charge in [-0.05, 0) is 41.0 Å². The second-order valence-corrected chi connectivity index (χ2v) is 5.67. The first-order valence-corrected chi connectivity index (χ1v) is 7.86. The normalized spacial score (nSPS) is 11.0. The predicted octanol–water partition coefficient (Wildman–Crippen LogP) is 2.88. The Balaban J connectivity index is 1.47. The summed E-state index contributed by atoms with van der Waals surface area (Å²) in [7, 11) is 0. The third-order valence-corrected chi connectivity index (χ3v) is 3.87. The summed E-state index contributed by atoms with van der Waals surface area (Å²) >= 11 is 3.48. The minimum atomic E-state index is 0.530. The van der Waals surface area contributed by atoms with Crippen molar-refractivity contribution in [2.45, 2.75) is 19.5 Å². The zero-order valence-corrected chi connectivity index (χ0v) is 13.5. The Hall–Kier alpha value is -1.99. The van der Waals surface area contributed by atoms with Crippen LogP contribution in [0.5, 0.6) is 0 Å². The summed E-state index contributed by atoms with van der Waals surface area (Å²) < 4.78 is 8.67. The number of halogens is 1. The molecule has 1 N–H and O–H groups in total. The molecule has 0 atom stereocenters. The van der Waals surface area contributed by atoms with E-state index >= 15 is 0 Å². The largest absolute Gasteiger partial charge is 0.419 e. The van der Waals surface area contributed by atoms with E-state index in [-0.39, 0.29) is 0 Å². The molecule has 0 amide bonds. The Morgan fingerprint density at radius 1 is 1.23 bits per heavy atom. The maximum atomic E-state index is 5.67. The standard InChI is InChI=1S/C15H16BrN5O/c16-13-5-2-1-4-12(13)15-20-19-14(22-15)10-17-6-3-8-21-9-7-18-11-21/h1-2,4-5,7,9,11,17H,3,6,8,10H2. The average Bonchev–Trinajstić information content (AvgIpc) is 3.19. The SMILES string of the molecule is Brc1ccccc1-c1nnc(CNCCCn2ccnc2)o1. The second-order valence-electron chi connectivity index (χ2n) is 4.81. The first-order valence-electron chi connectivity index (χ1n) is 7.06. The van der Waals surface area contributed by atoms with Crippen molar-refractivity contribution in [2.75, 3.05) is 6.54 Å². The van der Waals surface area contributed by atoms with Crippen LogP contribution in [0.3, 0.4) is 0 Å². The molecule has 0 saturated heterocycles. The van der Waals surface area contributed by atoms with Crippen molar-refractivity contribution >= 4 is 15.9 Å². The van der Waals surface area contributed by atoms with Crippen LogP contribution in [0.4, 0.5) is 0 Å². The number of hydrogen-bond acceptors (Lipinski definition) is 5. The molecular weight excluding hydrogens is 346 g/mol. The smallest absolute Gasteiger partial charge is 0.248 e.